The van der Waals surface area contributed by atoms with Crippen LogP contribution in [0.3, 0.4) is 0 Å². The van der Waals surface area contributed by atoms with Gasteiger partial charge in [0.2, 0.25) is 0 Å². The van der Waals surface area contributed by atoms with Crippen LogP contribution < -0.4 is 9.80 Å². The van der Waals surface area contributed by atoms with Crippen LogP contribution in [0.2, 0.25) is 5.02 Å². The Labute approximate surface area is 173 Å². The highest BCUT2D eigenvalue weighted by molar-refractivity contribution is 7.17. The van der Waals surface area contributed by atoms with Crippen LogP contribution in [0.4, 0.5) is 11.5 Å². The molecule has 4 nitrogen and oxygen atoms in total. The molecule has 140 valence electrons. The molecule has 0 unspecified atom stereocenters. The third-order valence-electron chi connectivity index (χ3n) is 5.19. The number of piperazine rings is 1. The van der Waals surface area contributed by atoms with Gasteiger partial charge in [0.1, 0.15) is 17.0 Å². The van der Waals surface area contributed by atoms with Gasteiger partial charge in [0.15, 0.2) is 0 Å². The number of benzene rings is 2. The monoisotopic (exact) mass is 406 g/mol. The first-order chi connectivity index (χ1) is 13.8. The molecule has 2 aromatic carbocycles. The summed E-state index contributed by atoms with van der Waals surface area (Å²) >= 11 is 7.85. The fraction of sp³-hybridized carbons (Fsp3) is 0.182. The lowest BCUT2D eigenvalue weighted by atomic mass is 10.1. The number of rotatable bonds is 3. The highest BCUT2D eigenvalue weighted by Gasteiger charge is 2.22. The molecule has 0 amide bonds. The Kier molecular flexibility index (Phi) is 4.63. The first-order valence-electron chi connectivity index (χ1n) is 9.33. The maximum Gasteiger partial charge on any atom is 0.141 e. The van der Waals surface area contributed by atoms with E-state index in [4.69, 9.17) is 11.6 Å². The van der Waals surface area contributed by atoms with E-state index < -0.39 is 0 Å². The summed E-state index contributed by atoms with van der Waals surface area (Å²) in [5, 5.41) is 4.14. The van der Waals surface area contributed by atoms with Crippen molar-refractivity contribution in [3.8, 4) is 11.1 Å². The zero-order valence-electron chi connectivity index (χ0n) is 15.3. The van der Waals surface area contributed by atoms with E-state index in [-0.39, 0.29) is 0 Å². The van der Waals surface area contributed by atoms with Crippen molar-refractivity contribution >= 4 is 44.7 Å². The minimum Gasteiger partial charge on any atom is -0.368 e. The first-order valence-corrected chi connectivity index (χ1v) is 10.6. The number of nitrogens with zero attached hydrogens (tertiary/aromatic N) is 4. The number of hydrogen-bond acceptors (Lipinski definition) is 5. The smallest absolute Gasteiger partial charge is 0.141 e. The van der Waals surface area contributed by atoms with Gasteiger partial charge in [-0.3, -0.25) is 0 Å². The number of hydrogen-bond donors (Lipinski definition) is 0. The van der Waals surface area contributed by atoms with Crippen LogP contribution in [0.25, 0.3) is 21.3 Å². The van der Waals surface area contributed by atoms with E-state index in [1.807, 2.05) is 24.3 Å². The molecule has 2 aromatic heterocycles. The number of halogens is 1. The topological polar surface area (TPSA) is 32.3 Å². The van der Waals surface area contributed by atoms with Gasteiger partial charge in [0, 0.05) is 47.8 Å². The second-order valence-electron chi connectivity index (χ2n) is 6.85. The first kappa shape index (κ1) is 17.5. The van der Waals surface area contributed by atoms with E-state index in [1.54, 1.807) is 17.7 Å². The lowest BCUT2D eigenvalue weighted by molar-refractivity contribution is 0.649. The van der Waals surface area contributed by atoms with Crippen molar-refractivity contribution in [1.29, 1.82) is 0 Å². The number of anilines is 2. The van der Waals surface area contributed by atoms with E-state index in [9.17, 15) is 0 Å². The Morgan fingerprint density at radius 1 is 0.857 bits per heavy atom. The molecule has 1 aliphatic rings. The van der Waals surface area contributed by atoms with Crippen LogP contribution in [-0.4, -0.2) is 36.1 Å². The van der Waals surface area contributed by atoms with E-state index in [2.05, 4.69) is 55.5 Å². The molecule has 1 fully saturated rings. The van der Waals surface area contributed by atoms with Crippen LogP contribution in [0.5, 0.6) is 0 Å². The fourth-order valence-corrected chi connectivity index (χ4v) is 4.87. The van der Waals surface area contributed by atoms with Crippen molar-refractivity contribution in [2.24, 2.45) is 0 Å². The van der Waals surface area contributed by atoms with Crippen molar-refractivity contribution in [3.05, 3.63) is 71.3 Å². The van der Waals surface area contributed by atoms with Crippen molar-refractivity contribution in [1.82, 2.24) is 9.97 Å². The van der Waals surface area contributed by atoms with Crippen LogP contribution in [-0.2, 0) is 0 Å². The predicted octanol–water partition coefficient (Wildman–Crippen LogP) is 5.34. The number of fused-ring (bicyclic) bond motifs is 1. The molecule has 4 aromatic rings. The van der Waals surface area contributed by atoms with Gasteiger partial charge >= 0.3 is 0 Å². The summed E-state index contributed by atoms with van der Waals surface area (Å²) in [4.78, 5) is 15.0. The molecule has 0 saturated carbocycles. The Morgan fingerprint density at radius 3 is 2.43 bits per heavy atom. The molecule has 0 aliphatic carbocycles. The number of thiophene rings is 1. The Morgan fingerprint density at radius 2 is 1.64 bits per heavy atom. The van der Waals surface area contributed by atoms with Gasteiger partial charge in [-0.15, -0.1) is 11.3 Å². The largest absolute Gasteiger partial charge is 0.368 e. The SMILES string of the molecule is Clc1cccc(N2CCN(c3ncnc4scc(-c5ccccc5)c34)CC2)c1. The molecule has 0 spiro atoms. The highest BCUT2D eigenvalue weighted by Crippen LogP contribution is 2.38. The van der Waals surface area contributed by atoms with E-state index in [0.29, 0.717) is 0 Å². The molecule has 6 heteroatoms. The van der Waals surface area contributed by atoms with Gasteiger partial charge < -0.3 is 9.80 Å². The molecule has 0 bridgehead atoms. The van der Waals surface area contributed by atoms with Gasteiger partial charge in [0.25, 0.3) is 0 Å². The van der Waals surface area contributed by atoms with Gasteiger partial charge in [0.05, 0.1) is 5.39 Å². The highest BCUT2D eigenvalue weighted by atomic mass is 35.5. The Bertz CT molecular complexity index is 1100. The summed E-state index contributed by atoms with van der Waals surface area (Å²) in [5.41, 5.74) is 3.61. The maximum absolute atomic E-state index is 6.16. The number of aromatic nitrogens is 2. The summed E-state index contributed by atoms with van der Waals surface area (Å²) in [7, 11) is 0. The molecular formula is C22H19ClN4S. The zero-order chi connectivity index (χ0) is 18.9. The average Bonchev–Trinajstić information content (AvgIpc) is 3.19. The second-order valence-corrected chi connectivity index (χ2v) is 8.14. The minimum atomic E-state index is 0.781. The maximum atomic E-state index is 6.16. The van der Waals surface area contributed by atoms with Gasteiger partial charge in [-0.1, -0.05) is 48.0 Å². The summed E-state index contributed by atoms with van der Waals surface area (Å²) < 4.78 is 0. The summed E-state index contributed by atoms with van der Waals surface area (Å²) in [5.74, 6) is 1.04. The van der Waals surface area contributed by atoms with Gasteiger partial charge in [-0.2, -0.15) is 0 Å². The molecule has 28 heavy (non-hydrogen) atoms. The van der Waals surface area contributed by atoms with Crippen LogP contribution in [0.15, 0.2) is 66.3 Å². The lowest BCUT2D eigenvalue weighted by Gasteiger charge is -2.37. The van der Waals surface area contributed by atoms with Gasteiger partial charge in [-0.25, -0.2) is 9.97 Å². The predicted molar refractivity (Wildman–Crippen MR) is 119 cm³/mol. The van der Waals surface area contributed by atoms with Gasteiger partial charge in [-0.05, 0) is 23.8 Å². The average molecular weight is 407 g/mol. The molecule has 1 aliphatic heterocycles. The third kappa shape index (κ3) is 3.21. The lowest BCUT2D eigenvalue weighted by Crippen LogP contribution is -2.46. The Balaban J connectivity index is 1.45. The second kappa shape index (κ2) is 7.41. The standard InChI is InChI=1S/C22H19ClN4S/c23-17-7-4-8-18(13-17)26-9-11-27(12-10-26)21-20-19(16-5-2-1-3-6-16)14-28-22(20)25-15-24-21/h1-8,13-15H,9-12H2. The van der Waals surface area contributed by atoms with Crippen molar-refractivity contribution in [2.45, 2.75) is 0 Å². The van der Waals surface area contributed by atoms with Crippen LogP contribution in [0.1, 0.15) is 0 Å². The minimum absolute atomic E-state index is 0.781. The fourth-order valence-electron chi connectivity index (χ4n) is 3.78. The van der Waals surface area contributed by atoms with Crippen molar-refractivity contribution in [3.63, 3.8) is 0 Å². The van der Waals surface area contributed by atoms with E-state index in [1.165, 1.54) is 16.8 Å². The Hall–Kier alpha value is -2.63. The summed E-state index contributed by atoms with van der Waals surface area (Å²) in [6.07, 6.45) is 1.69. The zero-order valence-corrected chi connectivity index (χ0v) is 16.8. The molecule has 5 rings (SSSR count). The molecule has 3 heterocycles. The van der Waals surface area contributed by atoms with E-state index >= 15 is 0 Å². The summed E-state index contributed by atoms with van der Waals surface area (Å²) in [6.45, 7) is 3.72. The molecular weight excluding hydrogens is 388 g/mol. The van der Waals surface area contributed by atoms with E-state index in [0.717, 1.165) is 47.2 Å². The normalized spacial score (nSPS) is 14.6. The molecule has 0 N–H and O–H groups in total. The van der Waals surface area contributed by atoms with Crippen LogP contribution >= 0.6 is 22.9 Å². The quantitative estimate of drug-likeness (QED) is 0.459. The molecule has 0 radical (unpaired) electrons. The molecule has 1 saturated heterocycles. The summed E-state index contributed by atoms with van der Waals surface area (Å²) in [6, 6.07) is 18.6. The van der Waals surface area contributed by atoms with Crippen LogP contribution in [0, 0.1) is 0 Å². The van der Waals surface area contributed by atoms with Crippen molar-refractivity contribution < 1.29 is 0 Å². The molecule has 0 atom stereocenters. The third-order valence-corrected chi connectivity index (χ3v) is 6.31. The van der Waals surface area contributed by atoms with Crippen molar-refractivity contribution in [2.75, 3.05) is 36.0 Å².